The van der Waals surface area contributed by atoms with Crippen LogP contribution in [0.15, 0.2) is 53.1 Å². The molecule has 1 aromatic heterocycles. The molecular formula is C19H25N3O3. The van der Waals surface area contributed by atoms with Gasteiger partial charge in [0.25, 0.3) is 5.91 Å². The number of carbonyl (C=O) groups excluding carboxylic acids is 2. The van der Waals surface area contributed by atoms with Gasteiger partial charge in [0.05, 0.1) is 6.26 Å². The van der Waals surface area contributed by atoms with Crippen molar-refractivity contribution < 1.29 is 14.0 Å². The molecule has 25 heavy (non-hydrogen) atoms. The Bertz CT molecular complexity index is 641. The number of nitrogens with one attached hydrogen (secondary N) is 2. The van der Waals surface area contributed by atoms with Crippen LogP contribution in [0.25, 0.3) is 0 Å². The third kappa shape index (κ3) is 6.33. The summed E-state index contributed by atoms with van der Waals surface area (Å²) in [5, 5.41) is 5.54. The van der Waals surface area contributed by atoms with E-state index in [2.05, 4.69) is 34.6 Å². The van der Waals surface area contributed by atoms with Crippen LogP contribution in [0.5, 0.6) is 0 Å². The molecule has 0 aliphatic heterocycles. The van der Waals surface area contributed by atoms with Crippen molar-refractivity contribution in [3.8, 4) is 0 Å². The highest BCUT2D eigenvalue weighted by Crippen LogP contribution is 2.12. The molecule has 0 bridgehead atoms. The molecule has 2 aromatic rings. The lowest BCUT2D eigenvalue weighted by Gasteiger charge is -2.23. The minimum absolute atomic E-state index is 0.0671. The van der Waals surface area contributed by atoms with Crippen LogP contribution in [0.3, 0.4) is 0 Å². The normalized spacial score (nSPS) is 10.3. The highest BCUT2D eigenvalue weighted by Gasteiger charge is 2.09. The molecule has 6 nitrogen and oxygen atoms in total. The fourth-order valence-electron chi connectivity index (χ4n) is 2.48. The second-order valence-electron chi connectivity index (χ2n) is 5.60. The van der Waals surface area contributed by atoms with E-state index in [9.17, 15) is 9.59 Å². The fourth-order valence-corrected chi connectivity index (χ4v) is 2.48. The second-order valence-corrected chi connectivity index (χ2v) is 5.60. The molecule has 6 heteroatoms. The highest BCUT2D eigenvalue weighted by molar-refractivity contribution is 5.91. The molecule has 0 atom stereocenters. The minimum atomic E-state index is -0.306. The number of hydrogen-bond donors (Lipinski definition) is 2. The van der Waals surface area contributed by atoms with Gasteiger partial charge in [-0.05, 0) is 37.6 Å². The van der Waals surface area contributed by atoms with Crippen molar-refractivity contribution in [2.75, 3.05) is 31.1 Å². The number of benzene rings is 1. The lowest BCUT2D eigenvalue weighted by molar-refractivity contribution is -0.120. The van der Waals surface area contributed by atoms with Crippen molar-refractivity contribution in [3.63, 3.8) is 0 Å². The number of hydrogen-bond acceptors (Lipinski definition) is 4. The standard InChI is InChI=1S/C19H25N3O3/c1-2-22(16-8-4-3-5-9-16)14-7-12-20-18(23)11-13-21-19(24)17-10-6-15-25-17/h3-6,8-10,15H,2,7,11-14H2,1H3,(H,20,23)(H,21,24). The average molecular weight is 343 g/mol. The predicted molar refractivity (Wildman–Crippen MR) is 97.6 cm³/mol. The van der Waals surface area contributed by atoms with E-state index >= 15 is 0 Å². The summed E-state index contributed by atoms with van der Waals surface area (Å²) in [4.78, 5) is 25.7. The van der Waals surface area contributed by atoms with E-state index in [-0.39, 0.29) is 30.5 Å². The van der Waals surface area contributed by atoms with Crippen LogP contribution >= 0.6 is 0 Å². The number of nitrogens with zero attached hydrogens (tertiary/aromatic N) is 1. The average Bonchev–Trinajstić information content (AvgIpc) is 3.17. The molecule has 2 rings (SSSR count). The molecule has 0 spiro atoms. The quantitative estimate of drug-likeness (QED) is 0.650. The Balaban J connectivity index is 1.58. The van der Waals surface area contributed by atoms with E-state index in [0.717, 1.165) is 19.5 Å². The summed E-state index contributed by atoms with van der Waals surface area (Å²) in [6.07, 6.45) is 2.56. The summed E-state index contributed by atoms with van der Waals surface area (Å²) < 4.78 is 4.98. The molecular weight excluding hydrogens is 318 g/mol. The van der Waals surface area contributed by atoms with Gasteiger partial charge >= 0.3 is 0 Å². The first-order valence-corrected chi connectivity index (χ1v) is 8.59. The number of amides is 2. The van der Waals surface area contributed by atoms with Gasteiger partial charge in [-0.2, -0.15) is 0 Å². The molecule has 2 amide bonds. The van der Waals surface area contributed by atoms with Crippen molar-refractivity contribution >= 4 is 17.5 Å². The van der Waals surface area contributed by atoms with Crippen LogP contribution in [0.4, 0.5) is 5.69 Å². The Hall–Kier alpha value is -2.76. The molecule has 2 N–H and O–H groups in total. The molecule has 0 saturated carbocycles. The highest BCUT2D eigenvalue weighted by atomic mass is 16.3. The minimum Gasteiger partial charge on any atom is -0.459 e. The maximum Gasteiger partial charge on any atom is 0.286 e. The van der Waals surface area contributed by atoms with Gasteiger partial charge in [0.15, 0.2) is 5.76 Å². The van der Waals surface area contributed by atoms with E-state index in [1.165, 1.54) is 12.0 Å². The molecule has 0 aliphatic carbocycles. The molecule has 0 fully saturated rings. The number of rotatable bonds is 10. The summed E-state index contributed by atoms with van der Waals surface area (Å²) in [6, 6.07) is 13.5. The first kappa shape index (κ1) is 18.6. The maximum absolute atomic E-state index is 11.8. The first-order chi connectivity index (χ1) is 12.2. The van der Waals surface area contributed by atoms with E-state index < -0.39 is 0 Å². The molecule has 1 aromatic carbocycles. The number of anilines is 1. The predicted octanol–water partition coefficient (Wildman–Crippen LogP) is 2.43. The zero-order valence-corrected chi connectivity index (χ0v) is 14.5. The molecule has 0 saturated heterocycles. The number of furan rings is 1. The largest absolute Gasteiger partial charge is 0.459 e. The van der Waals surface area contributed by atoms with Crippen LogP contribution in [-0.4, -0.2) is 38.0 Å². The fraction of sp³-hybridized carbons (Fsp3) is 0.368. The Morgan fingerprint density at radius 2 is 1.84 bits per heavy atom. The number of carbonyl (C=O) groups is 2. The lowest BCUT2D eigenvalue weighted by atomic mass is 10.2. The van der Waals surface area contributed by atoms with Gasteiger partial charge in [-0.3, -0.25) is 9.59 Å². The van der Waals surface area contributed by atoms with Crippen molar-refractivity contribution in [2.45, 2.75) is 19.8 Å². The van der Waals surface area contributed by atoms with Crippen molar-refractivity contribution in [2.24, 2.45) is 0 Å². The van der Waals surface area contributed by atoms with E-state index in [1.807, 2.05) is 18.2 Å². The van der Waals surface area contributed by atoms with Crippen molar-refractivity contribution in [3.05, 3.63) is 54.5 Å². The van der Waals surface area contributed by atoms with Crippen LogP contribution in [-0.2, 0) is 4.79 Å². The molecule has 0 aliphatic rings. The van der Waals surface area contributed by atoms with Gasteiger partial charge in [0, 0.05) is 38.3 Å². The summed E-state index contributed by atoms with van der Waals surface area (Å²) in [5.74, 6) is -0.122. The van der Waals surface area contributed by atoms with Crippen molar-refractivity contribution in [1.82, 2.24) is 10.6 Å². The summed E-state index contributed by atoms with van der Waals surface area (Å²) >= 11 is 0. The zero-order chi connectivity index (χ0) is 17.9. The Morgan fingerprint density at radius 1 is 1.04 bits per heavy atom. The molecule has 0 unspecified atom stereocenters. The van der Waals surface area contributed by atoms with Gasteiger partial charge in [0.1, 0.15) is 0 Å². The van der Waals surface area contributed by atoms with Crippen LogP contribution < -0.4 is 15.5 Å². The maximum atomic E-state index is 11.8. The summed E-state index contributed by atoms with van der Waals surface area (Å²) in [7, 11) is 0. The summed E-state index contributed by atoms with van der Waals surface area (Å²) in [6.45, 7) is 4.84. The SMILES string of the molecule is CCN(CCCNC(=O)CCNC(=O)c1ccco1)c1ccccc1. The van der Waals surface area contributed by atoms with Crippen LogP contribution in [0.1, 0.15) is 30.3 Å². The van der Waals surface area contributed by atoms with Crippen molar-refractivity contribution in [1.29, 1.82) is 0 Å². The van der Waals surface area contributed by atoms with E-state index in [4.69, 9.17) is 4.42 Å². The van der Waals surface area contributed by atoms with Crippen LogP contribution in [0.2, 0.25) is 0 Å². The van der Waals surface area contributed by atoms with Crippen LogP contribution in [0, 0.1) is 0 Å². The Morgan fingerprint density at radius 3 is 2.52 bits per heavy atom. The van der Waals surface area contributed by atoms with Gasteiger partial charge in [-0.15, -0.1) is 0 Å². The van der Waals surface area contributed by atoms with E-state index in [1.54, 1.807) is 12.1 Å². The molecule has 1 heterocycles. The molecule has 134 valence electrons. The number of para-hydroxylation sites is 1. The first-order valence-electron chi connectivity index (χ1n) is 8.59. The summed E-state index contributed by atoms with van der Waals surface area (Å²) in [5.41, 5.74) is 1.19. The monoisotopic (exact) mass is 343 g/mol. The lowest BCUT2D eigenvalue weighted by Crippen LogP contribution is -2.32. The van der Waals surface area contributed by atoms with E-state index in [0.29, 0.717) is 6.54 Å². The molecule has 0 radical (unpaired) electrons. The van der Waals surface area contributed by atoms with Gasteiger partial charge in [-0.1, -0.05) is 18.2 Å². The zero-order valence-electron chi connectivity index (χ0n) is 14.5. The van der Waals surface area contributed by atoms with Gasteiger partial charge < -0.3 is 20.0 Å². The third-order valence-corrected chi connectivity index (χ3v) is 3.81. The Kier molecular flexibility index (Phi) is 7.56. The second kappa shape index (κ2) is 10.2. The van der Waals surface area contributed by atoms with Gasteiger partial charge in [0.2, 0.25) is 5.91 Å². The van der Waals surface area contributed by atoms with Gasteiger partial charge in [-0.25, -0.2) is 0 Å². The third-order valence-electron chi connectivity index (χ3n) is 3.81. The smallest absolute Gasteiger partial charge is 0.286 e. The topological polar surface area (TPSA) is 74.6 Å². The Labute approximate surface area is 148 Å².